The van der Waals surface area contributed by atoms with Gasteiger partial charge in [-0.2, -0.15) is 0 Å². The predicted octanol–water partition coefficient (Wildman–Crippen LogP) is 0.684. The Morgan fingerprint density at radius 3 is 2.61 bits per heavy atom. The molecule has 23 heavy (non-hydrogen) atoms. The molecule has 0 spiro atoms. The van der Waals surface area contributed by atoms with Crippen LogP contribution in [0.5, 0.6) is 0 Å². The van der Waals surface area contributed by atoms with Crippen LogP contribution in [0.15, 0.2) is 18.2 Å². The van der Waals surface area contributed by atoms with Gasteiger partial charge in [-0.05, 0) is 38.9 Å². The lowest BCUT2D eigenvalue weighted by Gasteiger charge is -2.35. The van der Waals surface area contributed by atoms with Crippen molar-refractivity contribution in [3.8, 4) is 0 Å². The number of likely N-dealkylation sites (N-methyl/N-ethyl adjacent to an activating group) is 1. The summed E-state index contributed by atoms with van der Waals surface area (Å²) in [5, 5.41) is 2.79. The summed E-state index contributed by atoms with van der Waals surface area (Å²) in [7, 11) is -1.22. The minimum Gasteiger partial charge on any atom is -0.310 e. The normalized spacial score (nSPS) is 17.4. The molecular formula is C15H24N4O3S. The van der Waals surface area contributed by atoms with Crippen LogP contribution >= 0.6 is 0 Å². The topological polar surface area (TPSA) is 82.6 Å². The average molecular weight is 340 g/mol. The van der Waals surface area contributed by atoms with Gasteiger partial charge in [-0.1, -0.05) is 6.07 Å². The van der Waals surface area contributed by atoms with Crippen LogP contribution in [0.25, 0.3) is 0 Å². The molecule has 0 unspecified atom stereocenters. The number of nitrogens with one attached hydrogen (secondary N) is 1. The monoisotopic (exact) mass is 340 g/mol. The largest absolute Gasteiger partial charge is 0.310 e. The van der Waals surface area contributed by atoms with E-state index in [1.54, 1.807) is 6.07 Å². The molecule has 0 aromatic carbocycles. The number of aryl methyl sites for hydroxylation is 1. The Morgan fingerprint density at radius 2 is 2.04 bits per heavy atom. The maximum atomic E-state index is 12.1. The number of carbonyl (C=O) groups is 1. The molecule has 0 bridgehead atoms. The predicted molar refractivity (Wildman–Crippen MR) is 89.7 cm³/mol. The third-order valence-corrected chi connectivity index (χ3v) is 5.37. The molecule has 1 amide bonds. The Kier molecular flexibility index (Phi) is 5.72. The van der Waals surface area contributed by atoms with Gasteiger partial charge in [-0.25, -0.2) is 17.7 Å². The van der Waals surface area contributed by atoms with Crippen LogP contribution in [0, 0.1) is 6.92 Å². The van der Waals surface area contributed by atoms with Crippen molar-refractivity contribution in [2.24, 2.45) is 0 Å². The zero-order chi connectivity index (χ0) is 17.0. The zero-order valence-electron chi connectivity index (χ0n) is 13.8. The SMILES string of the molecule is Cc1cccc(NC(=O)CN(C)C2CCN(S(C)(=O)=O)CC2)n1. The lowest BCUT2D eigenvalue weighted by molar-refractivity contribution is -0.117. The molecule has 128 valence electrons. The first-order valence-electron chi connectivity index (χ1n) is 7.64. The van der Waals surface area contributed by atoms with E-state index in [1.165, 1.54) is 10.6 Å². The standard InChI is InChI=1S/C15H24N4O3S/c1-12-5-4-6-14(16-12)17-15(20)11-18(2)13-7-9-19(10-8-13)23(3,21)22/h4-6,13H,7-11H2,1-3H3,(H,16,17,20). The van der Waals surface area contributed by atoms with Crippen molar-refractivity contribution in [2.75, 3.05) is 38.3 Å². The summed E-state index contributed by atoms with van der Waals surface area (Å²) in [5.74, 6) is 0.437. The number of rotatable bonds is 5. The zero-order valence-corrected chi connectivity index (χ0v) is 14.6. The van der Waals surface area contributed by atoms with Crippen molar-refractivity contribution in [2.45, 2.75) is 25.8 Å². The van der Waals surface area contributed by atoms with E-state index in [1.807, 2.05) is 31.0 Å². The first-order valence-corrected chi connectivity index (χ1v) is 9.49. The fraction of sp³-hybridized carbons (Fsp3) is 0.600. The number of sulfonamides is 1. The molecule has 1 aromatic rings. The van der Waals surface area contributed by atoms with Crippen LogP contribution in [0.2, 0.25) is 0 Å². The second kappa shape index (κ2) is 7.37. The number of anilines is 1. The van der Waals surface area contributed by atoms with E-state index in [0.29, 0.717) is 18.9 Å². The van der Waals surface area contributed by atoms with E-state index in [-0.39, 0.29) is 18.5 Å². The second-order valence-electron chi connectivity index (χ2n) is 6.02. The van der Waals surface area contributed by atoms with Gasteiger partial charge in [-0.15, -0.1) is 0 Å². The van der Waals surface area contributed by atoms with E-state index in [2.05, 4.69) is 10.3 Å². The fourth-order valence-electron chi connectivity index (χ4n) is 2.77. The van der Waals surface area contributed by atoms with E-state index >= 15 is 0 Å². The van der Waals surface area contributed by atoms with Crippen molar-refractivity contribution in [1.82, 2.24) is 14.2 Å². The molecule has 1 aromatic heterocycles. The van der Waals surface area contributed by atoms with Gasteiger partial charge in [0, 0.05) is 24.8 Å². The number of piperidine rings is 1. The van der Waals surface area contributed by atoms with Crippen LogP contribution in [-0.4, -0.2) is 67.5 Å². The molecule has 2 heterocycles. The molecule has 1 aliphatic heterocycles. The first-order chi connectivity index (χ1) is 10.8. The van der Waals surface area contributed by atoms with Gasteiger partial charge in [0.05, 0.1) is 12.8 Å². The lowest BCUT2D eigenvalue weighted by Crippen LogP contribution is -2.47. The molecular weight excluding hydrogens is 316 g/mol. The van der Waals surface area contributed by atoms with Gasteiger partial charge < -0.3 is 5.32 Å². The van der Waals surface area contributed by atoms with Gasteiger partial charge in [0.15, 0.2) is 0 Å². The summed E-state index contributed by atoms with van der Waals surface area (Å²) >= 11 is 0. The summed E-state index contributed by atoms with van der Waals surface area (Å²) < 4.78 is 24.5. The highest BCUT2D eigenvalue weighted by Gasteiger charge is 2.27. The molecule has 1 N–H and O–H groups in total. The molecule has 0 radical (unpaired) electrons. The summed E-state index contributed by atoms with van der Waals surface area (Å²) in [4.78, 5) is 18.3. The Balaban J connectivity index is 1.83. The van der Waals surface area contributed by atoms with Gasteiger partial charge in [0.2, 0.25) is 15.9 Å². The van der Waals surface area contributed by atoms with Crippen LogP contribution in [0.1, 0.15) is 18.5 Å². The number of pyridine rings is 1. The van der Waals surface area contributed by atoms with E-state index in [4.69, 9.17) is 0 Å². The number of amides is 1. The molecule has 1 fully saturated rings. The summed E-state index contributed by atoms with van der Waals surface area (Å²) in [6, 6.07) is 5.69. The van der Waals surface area contributed by atoms with Crippen LogP contribution in [-0.2, 0) is 14.8 Å². The molecule has 0 atom stereocenters. The van der Waals surface area contributed by atoms with Crippen molar-refractivity contribution in [3.05, 3.63) is 23.9 Å². The van der Waals surface area contributed by atoms with Gasteiger partial charge in [-0.3, -0.25) is 9.69 Å². The summed E-state index contributed by atoms with van der Waals surface area (Å²) in [5.41, 5.74) is 0.851. The van der Waals surface area contributed by atoms with E-state index in [0.717, 1.165) is 18.5 Å². The number of nitrogens with zero attached hydrogens (tertiary/aromatic N) is 3. The van der Waals surface area contributed by atoms with Crippen LogP contribution in [0.3, 0.4) is 0 Å². The molecule has 2 rings (SSSR count). The molecule has 0 aliphatic carbocycles. The second-order valence-corrected chi connectivity index (χ2v) is 8.00. The number of hydrogen-bond acceptors (Lipinski definition) is 5. The Bertz CT molecular complexity index is 654. The van der Waals surface area contributed by atoms with E-state index in [9.17, 15) is 13.2 Å². The third kappa shape index (κ3) is 5.26. The smallest absolute Gasteiger partial charge is 0.239 e. The molecule has 7 nitrogen and oxygen atoms in total. The maximum Gasteiger partial charge on any atom is 0.239 e. The quantitative estimate of drug-likeness (QED) is 0.852. The van der Waals surface area contributed by atoms with Crippen molar-refractivity contribution >= 4 is 21.7 Å². The van der Waals surface area contributed by atoms with Crippen LogP contribution < -0.4 is 5.32 Å². The molecule has 1 saturated heterocycles. The number of aromatic nitrogens is 1. The Labute approximate surface area is 137 Å². The first kappa shape index (κ1) is 17.8. The van der Waals surface area contributed by atoms with Crippen molar-refractivity contribution in [3.63, 3.8) is 0 Å². The maximum absolute atomic E-state index is 12.1. The fourth-order valence-corrected chi connectivity index (χ4v) is 3.64. The summed E-state index contributed by atoms with van der Waals surface area (Å²) in [6.07, 6.45) is 2.71. The number of carbonyl (C=O) groups excluding carboxylic acids is 1. The summed E-state index contributed by atoms with van der Waals surface area (Å²) in [6.45, 7) is 3.15. The van der Waals surface area contributed by atoms with Crippen molar-refractivity contribution < 1.29 is 13.2 Å². The van der Waals surface area contributed by atoms with Gasteiger partial charge in [0.1, 0.15) is 5.82 Å². The minimum atomic E-state index is -3.12. The Morgan fingerprint density at radius 1 is 1.39 bits per heavy atom. The highest BCUT2D eigenvalue weighted by Crippen LogP contribution is 2.17. The highest BCUT2D eigenvalue weighted by molar-refractivity contribution is 7.88. The Hall–Kier alpha value is -1.51. The molecule has 0 saturated carbocycles. The molecule has 1 aliphatic rings. The number of hydrogen-bond donors (Lipinski definition) is 1. The molecule has 8 heteroatoms. The minimum absolute atomic E-state index is 0.115. The average Bonchev–Trinajstić information content (AvgIpc) is 2.46. The third-order valence-electron chi connectivity index (χ3n) is 4.06. The van der Waals surface area contributed by atoms with Gasteiger partial charge >= 0.3 is 0 Å². The van der Waals surface area contributed by atoms with E-state index < -0.39 is 10.0 Å². The van der Waals surface area contributed by atoms with Gasteiger partial charge in [0.25, 0.3) is 0 Å². The van der Waals surface area contributed by atoms with Crippen molar-refractivity contribution in [1.29, 1.82) is 0 Å². The highest BCUT2D eigenvalue weighted by atomic mass is 32.2. The van der Waals surface area contributed by atoms with Crippen LogP contribution in [0.4, 0.5) is 5.82 Å². The lowest BCUT2D eigenvalue weighted by atomic mass is 10.1.